The minimum absolute atomic E-state index is 0.0904. The molecule has 0 aromatic heterocycles. The van der Waals surface area contributed by atoms with Gasteiger partial charge in [0.1, 0.15) is 12.6 Å². The lowest BCUT2D eigenvalue weighted by atomic mass is 10.2. The van der Waals surface area contributed by atoms with Crippen LogP contribution in [0.1, 0.15) is 27.2 Å². The maximum Gasteiger partial charge on any atom is 0.246 e. The molecule has 0 radical (unpaired) electrons. The van der Waals surface area contributed by atoms with Crippen LogP contribution in [-0.4, -0.2) is 46.5 Å². The van der Waals surface area contributed by atoms with Crippen molar-refractivity contribution in [3.05, 3.63) is 0 Å². The van der Waals surface area contributed by atoms with Gasteiger partial charge < -0.3 is 20.2 Å². The molecule has 0 saturated carbocycles. The van der Waals surface area contributed by atoms with Crippen molar-refractivity contribution < 1.29 is 18.8 Å². The fourth-order valence-corrected chi connectivity index (χ4v) is 2.36. The van der Waals surface area contributed by atoms with Crippen molar-refractivity contribution in [3.8, 4) is 0 Å². The molecule has 0 spiro atoms. The Morgan fingerprint density at radius 2 is 1.85 bits per heavy atom. The van der Waals surface area contributed by atoms with Gasteiger partial charge in [-0.15, -0.1) is 0 Å². The second-order valence-electron chi connectivity index (χ2n) is 6.35. The van der Waals surface area contributed by atoms with Crippen molar-refractivity contribution in [2.45, 2.75) is 51.4 Å². The van der Waals surface area contributed by atoms with Gasteiger partial charge in [-0.25, -0.2) is 0 Å². The van der Waals surface area contributed by atoms with Crippen LogP contribution in [0.5, 0.6) is 0 Å². The van der Waals surface area contributed by atoms with Crippen LogP contribution in [0, 0.1) is 0 Å². The molecule has 0 unspecified atom stereocenters. The van der Waals surface area contributed by atoms with Gasteiger partial charge in [-0.2, -0.15) is 0 Å². The molecular formula is C13H28N2O4Si. The molecule has 3 N–H and O–H groups in total. The molecule has 118 valence electrons. The van der Waals surface area contributed by atoms with E-state index >= 15 is 0 Å². The minimum Gasteiger partial charge on any atom is -0.417 e. The SMILES string of the molecule is COCC(=O)N[C@@H](CCO[Si](C)(C)C(C)(C)C)C(N)=O. The van der Waals surface area contributed by atoms with E-state index in [-0.39, 0.29) is 17.6 Å². The number of hydrogen-bond donors (Lipinski definition) is 2. The Hall–Kier alpha value is -0.923. The second kappa shape index (κ2) is 7.75. The van der Waals surface area contributed by atoms with E-state index in [0.717, 1.165) is 0 Å². The number of rotatable bonds is 8. The number of methoxy groups -OCH3 is 1. The number of carbonyl (C=O) groups is 2. The molecule has 7 heteroatoms. The molecule has 6 nitrogen and oxygen atoms in total. The van der Waals surface area contributed by atoms with E-state index < -0.39 is 20.3 Å². The molecule has 0 saturated heterocycles. The summed E-state index contributed by atoms with van der Waals surface area (Å²) in [6.07, 6.45) is 0.372. The Bertz CT molecular complexity index is 340. The average Bonchev–Trinajstić information content (AvgIpc) is 2.26. The summed E-state index contributed by atoms with van der Waals surface area (Å²) >= 11 is 0. The Labute approximate surface area is 122 Å². The zero-order valence-corrected chi connectivity index (χ0v) is 14.4. The van der Waals surface area contributed by atoms with Crippen LogP contribution in [0.25, 0.3) is 0 Å². The van der Waals surface area contributed by atoms with Crippen LogP contribution in [0.15, 0.2) is 0 Å². The van der Waals surface area contributed by atoms with Gasteiger partial charge in [0.15, 0.2) is 8.32 Å². The standard InChI is InChI=1S/C13H28N2O4Si/c1-13(2,3)20(5,6)19-8-7-10(12(14)17)15-11(16)9-18-4/h10H,7-9H2,1-6H3,(H2,14,17)(H,15,16)/t10-/m0/s1. The molecule has 2 amide bonds. The highest BCUT2D eigenvalue weighted by Crippen LogP contribution is 2.36. The fraction of sp³-hybridized carbons (Fsp3) is 0.846. The molecule has 0 aliphatic rings. The number of primary amides is 1. The first-order valence-electron chi connectivity index (χ1n) is 6.73. The third kappa shape index (κ3) is 6.49. The first kappa shape index (κ1) is 19.1. The molecule has 0 aromatic rings. The van der Waals surface area contributed by atoms with Crippen molar-refractivity contribution in [3.63, 3.8) is 0 Å². The lowest BCUT2D eigenvalue weighted by Crippen LogP contribution is -2.47. The van der Waals surface area contributed by atoms with Crippen LogP contribution < -0.4 is 11.1 Å². The Morgan fingerprint density at radius 3 is 2.25 bits per heavy atom. The molecule has 1 atom stereocenters. The molecule has 0 aromatic carbocycles. The summed E-state index contributed by atoms with van der Waals surface area (Å²) < 4.78 is 10.7. The van der Waals surface area contributed by atoms with Gasteiger partial charge in [0, 0.05) is 13.7 Å². The predicted octanol–water partition coefficient (Wildman–Crippen LogP) is 1.01. The van der Waals surface area contributed by atoms with Crippen LogP contribution >= 0.6 is 0 Å². The van der Waals surface area contributed by atoms with Gasteiger partial charge >= 0.3 is 0 Å². The van der Waals surface area contributed by atoms with Gasteiger partial charge in [-0.1, -0.05) is 20.8 Å². The van der Waals surface area contributed by atoms with Crippen molar-refractivity contribution in [1.29, 1.82) is 0 Å². The summed E-state index contributed by atoms with van der Waals surface area (Å²) in [4.78, 5) is 22.7. The molecule has 0 rings (SSSR count). The number of carbonyl (C=O) groups excluding carboxylic acids is 2. The van der Waals surface area contributed by atoms with E-state index in [1.807, 2.05) is 0 Å². The topological polar surface area (TPSA) is 90.7 Å². The third-order valence-corrected chi connectivity index (χ3v) is 8.17. The Balaban J connectivity index is 4.37. The van der Waals surface area contributed by atoms with Crippen molar-refractivity contribution in [1.82, 2.24) is 5.32 Å². The number of nitrogens with one attached hydrogen (secondary N) is 1. The van der Waals surface area contributed by atoms with Gasteiger partial charge in [0.05, 0.1) is 0 Å². The lowest BCUT2D eigenvalue weighted by Gasteiger charge is -2.36. The first-order valence-corrected chi connectivity index (χ1v) is 9.63. The lowest BCUT2D eigenvalue weighted by molar-refractivity contribution is -0.129. The van der Waals surface area contributed by atoms with E-state index in [1.165, 1.54) is 7.11 Å². The number of ether oxygens (including phenoxy) is 1. The van der Waals surface area contributed by atoms with E-state index in [4.69, 9.17) is 14.9 Å². The molecule has 0 heterocycles. The van der Waals surface area contributed by atoms with Crippen molar-refractivity contribution in [2.24, 2.45) is 5.73 Å². The van der Waals surface area contributed by atoms with Crippen LogP contribution in [0.2, 0.25) is 18.1 Å². The van der Waals surface area contributed by atoms with Gasteiger partial charge in [-0.05, 0) is 24.6 Å². The predicted molar refractivity (Wildman–Crippen MR) is 80.8 cm³/mol. The van der Waals surface area contributed by atoms with Crippen molar-refractivity contribution >= 4 is 20.1 Å². The van der Waals surface area contributed by atoms with Gasteiger partial charge in [0.25, 0.3) is 0 Å². The van der Waals surface area contributed by atoms with E-state index in [9.17, 15) is 9.59 Å². The van der Waals surface area contributed by atoms with E-state index in [0.29, 0.717) is 13.0 Å². The van der Waals surface area contributed by atoms with E-state index in [2.05, 4.69) is 39.2 Å². The van der Waals surface area contributed by atoms with Crippen LogP contribution in [-0.2, 0) is 18.8 Å². The average molecular weight is 304 g/mol. The fourth-order valence-electron chi connectivity index (χ4n) is 1.30. The van der Waals surface area contributed by atoms with Crippen LogP contribution in [0.3, 0.4) is 0 Å². The zero-order chi connectivity index (χ0) is 16.0. The Kier molecular flexibility index (Phi) is 7.39. The largest absolute Gasteiger partial charge is 0.417 e. The maximum atomic E-state index is 11.4. The quantitative estimate of drug-likeness (QED) is 0.655. The monoisotopic (exact) mass is 304 g/mol. The normalized spacial score (nSPS) is 13.9. The summed E-state index contributed by atoms with van der Waals surface area (Å²) in [5, 5.41) is 2.64. The molecule has 0 aliphatic carbocycles. The maximum absolute atomic E-state index is 11.4. The highest BCUT2D eigenvalue weighted by molar-refractivity contribution is 6.74. The Morgan fingerprint density at radius 1 is 1.30 bits per heavy atom. The second-order valence-corrected chi connectivity index (χ2v) is 11.2. The summed E-state index contributed by atoms with van der Waals surface area (Å²) in [5.74, 6) is -0.920. The zero-order valence-electron chi connectivity index (χ0n) is 13.4. The summed E-state index contributed by atoms with van der Waals surface area (Å²) in [7, 11) is -0.435. The molecular weight excluding hydrogens is 276 g/mol. The highest BCUT2D eigenvalue weighted by atomic mass is 28.4. The smallest absolute Gasteiger partial charge is 0.246 e. The van der Waals surface area contributed by atoms with Crippen LogP contribution in [0.4, 0.5) is 0 Å². The van der Waals surface area contributed by atoms with E-state index in [1.54, 1.807) is 0 Å². The van der Waals surface area contributed by atoms with Gasteiger partial charge in [-0.3, -0.25) is 9.59 Å². The number of nitrogens with two attached hydrogens (primary N) is 1. The molecule has 0 aliphatic heterocycles. The van der Waals surface area contributed by atoms with Crippen molar-refractivity contribution in [2.75, 3.05) is 20.3 Å². The first-order chi connectivity index (χ1) is 9.01. The summed E-state index contributed by atoms with van der Waals surface area (Å²) in [6, 6.07) is -0.720. The van der Waals surface area contributed by atoms with Gasteiger partial charge in [0.2, 0.25) is 11.8 Å². The minimum atomic E-state index is -1.85. The highest BCUT2D eigenvalue weighted by Gasteiger charge is 2.37. The molecule has 0 fully saturated rings. The molecule has 0 bridgehead atoms. The summed E-state index contributed by atoms with van der Waals surface area (Å²) in [6.45, 7) is 11.0. The molecule has 20 heavy (non-hydrogen) atoms. The number of amides is 2. The summed E-state index contributed by atoms with van der Waals surface area (Å²) in [5.41, 5.74) is 5.28. The third-order valence-electron chi connectivity index (χ3n) is 3.63. The number of hydrogen-bond acceptors (Lipinski definition) is 4.